The Bertz CT molecular complexity index is 275. The summed E-state index contributed by atoms with van der Waals surface area (Å²) in [6.45, 7) is 1.79. The fourth-order valence-electron chi connectivity index (χ4n) is 0.975. The Morgan fingerprint density at radius 1 is 1.50 bits per heavy atom. The van der Waals surface area contributed by atoms with Crippen molar-refractivity contribution in [3.8, 4) is 0 Å². The molecule has 0 unspecified atom stereocenters. The highest BCUT2D eigenvalue weighted by molar-refractivity contribution is 5.12. The molecule has 12 heavy (non-hydrogen) atoms. The van der Waals surface area contributed by atoms with Crippen LogP contribution in [0.4, 0.5) is 13.2 Å². The normalized spacial score (nSPS) is 12.1. The zero-order chi connectivity index (χ0) is 9.35. The van der Waals surface area contributed by atoms with Crippen molar-refractivity contribution < 1.29 is 13.2 Å². The van der Waals surface area contributed by atoms with Gasteiger partial charge in [0.25, 0.3) is 0 Å². The molecule has 0 radical (unpaired) electrons. The van der Waals surface area contributed by atoms with E-state index in [9.17, 15) is 13.2 Å². The van der Waals surface area contributed by atoms with Crippen LogP contribution in [0.5, 0.6) is 0 Å². The van der Waals surface area contributed by atoms with E-state index in [1.807, 2.05) is 0 Å². The highest BCUT2D eigenvalue weighted by Gasteiger charge is 2.34. The lowest BCUT2D eigenvalue weighted by molar-refractivity contribution is -0.141. The average molecular weight is 178 g/mol. The summed E-state index contributed by atoms with van der Waals surface area (Å²) in [4.78, 5) is 0. The first-order valence-corrected chi connectivity index (χ1v) is 3.55. The van der Waals surface area contributed by atoms with Gasteiger partial charge in [-0.3, -0.25) is 4.68 Å². The summed E-state index contributed by atoms with van der Waals surface area (Å²) < 4.78 is 37.4. The van der Waals surface area contributed by atoms with Crippen LogP contribution in [0.2, 0.25) is 0 Å². The molecule has 0 fully saturated rings. The van der Waals surface area contributed by atoms with Crippen molar-refractivity contribution in [2.45, 2.75) is 19.5 Å². The topological polar surface area (TPSA) is 17.8 Å². The van der Waals surface area contributed by atoms with Gasteiger partial charge >= 0.3 is 6.18 Å². The Labute approximate surface area is 68.0 Å². The number of alkyl halides is 3. The van der Waals surface area contributed by atoms with Crippen molar-refractivity contribution in [2.75, 3.05) is 0 Å². The Morgan fingerprint density at radius 2 is 2.08 bits per heavy atom. The fourth-order valence-corrected chi connectivity index (χ4v) is 0.975. The van der Waals surface area contributed by atoms with Crippen LogP contribution in [-0.2, 0) is 19.6 Å². The molecular formula is C7H9F3N2. The van der Waals surface area contributed by atoms with E-state index in [0.717, 1.165) is 6.07 Å². The molecule has 0 aliphatic heterocycles. The molecule has 0 aliphatic rings. The second-order valence-corrected chi connectivity index (χ2v) is 2.50. The molecule has 0 atom stereocenters. The van der Waals surface area contributed by atoms with Crippen molar-refractivity contribution >= 4 is 0 Å². The molecular weight excluding hydrogens is 169 g/mol. The number of hydrogen-bond acceptors (Lipinski definition) is 1. The molecule has 68 valence electrons. The lowest BCUT2D eigenvalue weighted by atomic mass is 10.3. The molecule has 1 aromatic heterocycles. The summed E-state index contributed by atoms with van der Waals surface area (Å²) in [5.41, 5.74) is -0.232. The summed E-state index contributed by atoms with van der Waals surface area (Å²) in [5, 5.41) is 3.34. The van der Waals surface area contributed by atoms with Crippen LogP contribution < -0.4 is 0 Å². The Kier molecular flexibility index (Phi) is 2.12. The summed E-state index contributed by atoms with van der Waals surface area (Å²) in [6, 6.07) is 1.07. The van der Waals surface area contributed by atoms with Crippen molar-refractivity contribution in [1.82, 2.24) is 9.78 Å². The maximum Gasteiger partial charge on any atom is 0.435 e. The van der Waals surface area contributed by atoms with Crippen LogP contribution in [0.3, 0.4) is 0 Å². The average Bonchev–Trinajstić information content (AvgIpc) is 2.29. The third kappa shape index (κ3) is 1.60. The van der Waals surface area contributed by atoms with Gasteiger partial charge in [-0.25, -0.2) is 0 Å². The summed E-state index contributed by atoms with van der Waals surface area (Å²) in [6.07, 6.45) is -3.77. The minimum absolute atomic E-state index is 0.555. The monoisotopic (exact) mass is 178 g/mol. The van der Waals surface area contributed by atoms with E-state index in [2.05, 4.69) is 5.10 Å². The minimum Gasteiger partial charge on any atom is -0.272 e. The van der Waals surface area contributed by atoms with Crippen molar-refractivity contribution in [1.29, 1.82) is 0 Å². The van der Waals surface area contributed by atoms with Gasteiger partial charge in [-0.1, -0.05) is 6.92 Å². The molecule has 0 saturated heterocycles. The van der Waals surface area contributed by atoms with Gasteiger partial charge in [0.2, 0.25) is 0 Å². The molecule has 2 nitrogen and oxygen atoms in total. The number of rotatable bonds is 1. The van der Waals surface area contributed by atoms with Gasteiger partial charge in [-0.2, -0.15) is 18.3 Å². The molecule has 1 rings (SSSR count). The van der Waals surface area contributed by atoms with E-state index < -0.39 is 11.9 Å². The predicted octanol–water partition coefficient (Wildman–Crippen LogP) is 2.00. The maximum atomic E-state index is 12.0. The van der Waals surface area contributed by atoms with E-state index in [1.165, 1.54) is 11.7 Å². The molecule has 0 aromatic carbocycles. The van der Waals surface area contributed by atoms with Gasteiger partial charge in [0, 0.05) is 12.7 Å². The van der Waals surface area contributed by atoms with Crippen LogP contribution >= 0.6 is 0 Å². The number of aryl methyl sites for hydroxylation is 2. The third-order valence-corrected chi connectivity index (χ3v) is 1.63. The Morgan fingerprint density at radius 3 is 2.33 bits per heavy atom. The van der Waals surface area contributed by atoms with E-state index in [0.29, 0.717) is 12.1 Å². The molecule has 1 aromatic rings. The van der Waals surface area contributed by atoms with Crippen LogP contribution in [0, 0.1) is 0 Å². The third-order valence-electron chi connectivity index (χ3n) is 1.63. The van der Waals surface area contributed by atoms with Crippen molar-refractivity contribution in [3.05, 3.63) is 17.5 Å². The molecule has 0 N–H and O–H groups in total. The van der Waals surface area contributed by atoms with Crippen LogP contribution in [0.25, 0.3) is 0 Å². The smallest absolute Gasteiger partial charge is 0.272 e. The summed E-state index contributed by atoms with van der Waals surface area (Å²) >= 11 is 0. The lowest BCUT2D eigenvalue weighted by Gasteiger charge is -1.99. The van der Waals surface area contributed by atoms with Gasteiger partial charge in [-0.15, -0.1) is 0 Å². The first kappa shape index (κ1) is 9.09. The quantitative estimate of drug-likeness (QED) is 0.643. The highest BCUT2D eigenvalue weighted by atomic mass is 19.4. The molecule has 0 aliphatic carbocycles. The van der Waals surface area contributed by atoms with E-state index >= 15 is 0 Å². The molecule has 5 heteroatoms. The summed E-state index contributed by atoms with van der Waals surface area (Å²) in [5.74, 6) is 0. The van der Waals surface area contributed by atoms with E-state index in [4.69, 9.17) is 0 Å². The number of hydrogen-bond donors (Lipinski definition) is 0. The number of aromatic nitrogens is 2. The first-order chi connectivity index (χ1) is 5.45. The van der Waals surface area contributed by atoms with Gasteiger partial charge in [0.1, 0.15) is 0 Å². The minimum atomic E-state index is -4.33. The standard InChI is InChI=1S/C7H9F3N2/c1-3-5-4-6(7(8,9)10)11-12(5)2/h4H,3H2,1-2H3. The number of nitrogens with zero attached hydrogens (tertiary/aromatic N) is 2. The zero-order valence-corrected chi connectivity index (χ0v) is 6.81. The van der Waals surface area contributed by atoms with Gasteiger partial charge < -0.3 is 0 Å². The van der Waals surface area contributed by atoms with Crippen molar-refractivity contribution in [3.63, 3.8) is 0 Å². The second-order valence-electron chi connectivity index (χ2n) is 2.50. The second kappa shape index (κ2) is 2.80. The van der Waals surface area contributed by atoms with Gasteiger partial charge in [0.15, 0.2) is 5.69 Å². The predicted molar refractivity (Wildman–Crippen MR) is 37.6 cm³/mol. The van der Waals surface area contributed by atoms with Crippen molar-refractivity contribution in [2.24, 2.45) is 7.05 Å². The maximum absolute atomic E-state index is 12.0. The Balaban J connectivity index is 3.05. The molecule has 0 saturated carbocycles. The SMILES string of the molecule is CCc1cc(C(F)(F)F)nn1C. The molecule has 0 bridgehead atoms. The molecule has 1 heterocycles. The number of halogens is 3. The van der Waals surface area contributed by atoms with Crippen LogP contribution in [0.1, 0.15) is 18.3 Å². The summed E-state index contributed by atoms with van der Waals surface area (Å²) in [7, 11) is 1.51. The first-order valence-electron chi connectivity index (χ1n) is 3.55. The highest BCUT2D eigenvalue weighted by Crippen LogP contribution is 2.28. The zero-order valence-electron chi connectivity index (χ0n) is 6.81. The van der Waals surface area contributed by atoms with Gasteiger partial charge in [0.05, 0.1) is 0 Å². The van der Waals surface area contributed by atoms with Gasteiger partial charge in [-0.05, 0) is 12.5 Å². The van der Waals surface area contributed by atoms with Crippen LogP contribution in [0.15, 0.2) is 6.07 Å². The molecule has 0 spiro atoms. The largest absolute Gasteiger partial charge is 0.435 e. The van der Waals surface area contributed by atoms with E-state index in [1.54, 1.807) is 6.92 Å². The van der Waals surface area contributed by atoms with Crippen LogP contribution in [-0.4, -0.2) is 9.78 Å². The lowest BCUT2D eigenvalue weighted by Crippen LogP contribution is -2.06. The van der Waals surface area contributed by atoms with E-state index in [-0.39, 0.29) is 0 Å². The molecule has 0 amide bonds. The Hall–Kier alpha value is -1.00. The fraction of sp³-hybridized carbons (Fsp3) is 0.571.